The Labute approximate surface area is 290 Å². The summed E-state index contributed by atoms with van der Waals surface area (Å²) in [4.78, 5) is 41.2. The van der Waals surface area contributed by atoms with Crippen molar-refractivity contribution >= 4 is 56.4 Å². The largest absolute Gasteiger partial charge is 0.496 e. The average Bonchev–Trinajstić information content (AvgIpc) is 3.64. The van der Waals surface area contributed by atoms with Crippen LogP contribution < -0.4 is 25.6 Å². The summed E-state index contributed by atoms with van der Waals surface area (Å²) in [5, 5.41) is 7.67. The molecule has 272 valence electrons. The van der Waals surface area contributed by atoms with Crippen LogP contribution in [0.25, 0.3) is 10.1 Å². The van der Waals surface area contributed by atoms with Gasteiger partial charge in [0.05, 0.1) is 35.5 Å². The lowest BCUT2D eigenvalue weighted by atomic mass is 10.1. The highest BCUT2D eigenvalue weighted by Gasteiger charge is 2.35. The van der Waals surface area contributed by atoms with Crippen molar-refractivity contribution in [2.75, 3.05) is 35.7 Å². The summed E-state index contributed by atoms with van der Waals surface area (Å²) >= 11 is 0.566. The van der Waals surface area contributed by atoms with Gasteiger partial charge in [0.2, 0.25) is 0 Å². The number of rotatable bonds is 7. The van der Waals surface area contributed by atoms with Gasteiger partial charge in [-0.3, -0.25) is 9.59 Å². The van der Waals surface area contributed by atoms with E-state index in [1.54, 1.807) is 26.8 Å². The topological polar surface area (TPSA) is 109 Å². The second kappa shape index (κ2) is 13.9. The van der Waals surface area contributed by atoms with Crippen LogP contribution in [-0.2, 0) is 17.1 Å². The minimum Gasteiger partial charge on any atom is -0.496 e. The van der Waals surface area contributed by atoms with Crippen molar-refractivity contribution in [3.8, 4) is 5.75 Å². The summed E-state index contributed by atoms with van der Waals surface area (Å²) in [5.41, 5.74) is -3.45. The average molecular weight is 741 g/mol. The molecule has 1 unspecified atom stereocenters. The van der Waals surface area contributed by atoms with Crippen LogP contribution in [0.4, 0.5) is 52.6 Å². The summed E-state index contributed by atoms with van der Waals surface area (Å²) in [6.07, 6.45) is -9.82. The molecule has 1 fully saturated rings. The number of benzene rings is 3. The highest BCUT2D eigenvalue weighted by molar-refractivity contribution is 7.21. The van der Waals surface area contributed by atoms with E-state index in [4.69, 9.17) is 9.47 Å². The fourth-order valence-electron chi connectivity index (χ4n) is 5.40. The number of halogens is 7. The van der Waals surface area contributed by atoms with Gasteiger partial charge in [0, 0.05) is 34.6 Å². The monoisotopic (exact) mass is 740 g/mol. The molecule has 0 radical (unpaired) electrons. The van der Waals surface area contributed by atoms with E-state index in [-0.39, 0.29) is 38.0 Å². The number of nitrogens with zero attached hydrogens (tertiary/aromatic N) is 1. The highest BCUT2D eigenvalue weighted by Crippen LogP contribution is 2.41. The lowest BCUT2D eigenvalue weighted by Gasteiger charge is -2.23. The molecule has 1 aliphatic rings. The van der Waals surface area contributed by atoms with Gasteiger partial charge in [0.15, 0.2) is 0 Å². The predicted molar refractivity (Wildman–Crippen MR) is 177 cm³/mol. The van der Waals surface area contributed by atoms with E-state index in [9.17, 15) is 45.1 Å². The van der Waals surface area contributed by atoms with Gasteiger partial charge in [0.1, 0.15) is 22.0 Å². The number of carbonyl (C=O) groups excluding carboxylic acids is 3. The molecule has 17 heteroatoms. The molecule has 1 atom stereocenters. The minimum absolute atomic E-state index is 0.00970. The highest BCUT2D eigenvalue weighted by atomic mass is 32.1. The summed E-state index contributed by atoms with van der Waals surface area (Å²) in [5.74, 6) is -3.34. The Morgan fingerprint density at radius 1 is 0.882 bits per heavy atom. The van der Waals surface area contributed by atoms with Crippen LogP contribution in [0.15, 0.2) is 54.6 Å². The van der Waals surface area contributed by atoms with Crippen LogP contribution in [0.5, 0.6) is 5.75 Å². The Morgan fingerprint density at radius 3 is 2.25 bits per heavy atom. The molecule has 1 saturated heterocycles. The molecule has 0 spiro atoms. The number of alkyl carbamates (subject to hydrolysis) is 1. The van der Waals surface area contributed by atoms with E-state index in [0.717, 1.165) is 24.3 Å². The van der Waals surface area contributed by atoms with Crippen LogP contribution >= 0.6 is 11.3 Å². The van der Waals surface area contributed by atoms with Crippen molar-refractivity contribution in [3.05, 3.63) is 82.0 Å². The van der Waals surface area contributed by atoms with Gasteiger partial charge < -0.3 is 30.3 Å². The molecule has 4 aromatic rings. The van der Waals surface area contributed by atoms with E-state index in [0.29, 0.717) is 48.7 Å². The Morgan fingerprint density at radius 2 is 1.61 bits per heavy atom. The Kier molecular flexibility index (Phi) is 10.2. The van der Waals surface area contributed by atoms with Crippen molar-refractivity contribution in [2.24, 2.45) is 0 Å². The Hall–Kier alpha value is -5.06. The van der Waals surface area contributed by atoms with Gasteiger partial charge in [0.25, 0.3) is 11.8 Å². The van der Waals surface area contributed by atoms with Crippen LogP contribution in [0, 0.1) is 5.82 Å². The van der Waals surface area contributed by atoms with Gasteiger partial charge in [-0.25, -0.2) is 9.18 Å². The molecule has 3 amide bonds. The molecular weight excluding hydrogens is 709 g/mol. The number of methoxy groups -OCH3 is 1. The number of hydrogen-bond donors (Lipinski definition) is 3. The van der Waals surface area contributed by atoms with Crippen molar-refractivity contribution in [1.82, 2.24) is 5.32 Å². The lowest BCUT2D eigenvalue weighted by molar-refractivity contribution is -0.140. The molecule has 0 aliphatic carbocycles. The smallest absolute Gasteiger partial charge is 0.419 e. The number of ether oxygens (including phenoxy) is 2. The van der Waals surface area contributed by atoms with Crippen molar-refractivity contribution in [3.63, 3.8) is 0 Å². The summed E-state index contributed by atoms with van der Waals surface area (Å²) in [6.45, 7) is 6.11. The number of amides is 3. The van der Waals surface area contributed by atoms with E-state index in [1.165, 1.54) is 19.2 Å². The molecule has 2 heterocycles. The first-order valence-corrected chi connectivity index (χ1v) is 16.1. The minimum atomic E-state index is -5.08. The third-order valence-corrected chi connectivity index (χ3v) is 8.85. The standard InChI is InChI=1S/C34H31F7N4O5S/c1-32(2,3)50-31(48)43-19-11-12-45(16-19)20-7-10-25(49-4)22(15-20)29(46)44-27-21-8-5-17(33(36,37)38)13-26(21)51-28(27)30(47)42-18-6-9-24(35)23(14-18)34(39,40)41/h5-10,13-15,19H,11-12,16H2,1-4H3,(H,42,47)(H,43,48)(H,44,46). The van der Waals surface area contributed by atoms with Gasteiger partial charge in [-0.1, -0.05) is 6.07 Å². The van der Waals surface area contributed by atoms with E-state index in [2.05, 4.69) is 16.0 Å². The van der Waals surface area contributed by atoms with Crippen LogP contribution in [0.3, 0.4) is 0 Å². The maximum absolute atomic E-state index is 13.9. The number of nitrogens with one attached hydrogen (secondary N) is 3. The SMILES string of the molecule is COc1ccc(N2CCC(NC(=O)OC(C)(C)C)C2)cc1C(=O)Nc1c(C(=O)Nc2ccc(F)c(C(F)(F)F)c2)sc2cc(C(F)(F)F)ccc12. The predicted octanol–water partition coefficient (Wildman–Crippen LogP) is 8.69. The first kappa shape index (κ1) is 37.2. The summed E-state index contributed by atoms with van der Waals surface area (Å²) < 4.78 is 105. The van der Waals surface area contributed by atoms with Crippen molar-refractivity contribution in [2.45, 2.75) is 51.2 Å². The Bertz CT molecular complexity index is 1990. The second-order valence-electron chi connectivity index (χ2n) is 12.6. The van der Waals surface area contributed by atoms with Crippen LogP contribution in [0.2, 0.25) is 0 Å². The summed E-state index contributed by atoms with van der Waals surface area (Å²) in [6, 6.07) is 8.86. The maximum Gasteiger partial charge on any atom is 0.419 e. The van der Waals surface area contributed by atoms with Gasteiger partial charge in [-0.2, -0.15) is 26.3 Å². The fraction of sp³-hybridized carbons (Fsp3) is 0.324. The zero-order valence-corrected chi connectivity index (χ0v) is 28.3. The number of thiophene rings is 1. The molecule has 1 aromatic heterocycles. The molecular formula is C34H31F7N4O5S. The number of hydrogen-bond acceptors (Lipinski definition) is 7. The van der Waals surface area contributed by atoms with Crippen molar-refractivity contribution in [1.29, 1.82) is 0 Å². The zero-order valence-electron chi connectivity index (χ0n) is 27.4. The Balaban J connectivity index is 1.46. The van der Waals surface area contributed by atoms with Crippen molar-refractivity contribution < 1.29 is 54.6 Å². The third kappa shape index (κ3) is 8.64. The number of anilines is 3. The van der Waals surface area contributed by atoms with Gasteiger partial charge in [-0.15, -0.1) is 11.3 Å². The number of alkyl halides is 6. The first-order valence-electron chi connectivity index (χ1n) is 15.3. The molecule has 3 N–H and O–H groups in total. The number of fused-ring (bicyclic) bond motifs is 1. The molecule has 5 rings (SSSR count). The molecule has 0 bridgehead atoms. The number of carbonyl (C=O) groups is 3. The fourth-order valence-corrected chi connectivity index (χ4v) is 6.50. The first-order chi connectivity index (χ1) is 23.7. The maximum atomic E-state index is 13.9. The van der Waals surface area contributed by atoms with Crippen LogP contribution in [-0.4, -0.2) is 49.7 Å². The lowest BCUT2D eigenvalue weighted by Crippen LogP contribution is -2.40. The molecule has 0 saturated carbocycles. The van der Waals surface area contributed by atoms with Gasteiger partial charge in [-0.05, 0) is 75.7 Å². The van der Waals surface area contributed by atoms with Gasteiger partial charge >= 0.3 is 18.4 Å². The molecule has 9 nitrogen and oxygen atoms in total. The quantitative estimate of drug-likeness (QED) is 0.164. The summed E-state index contributed by atoms with van der Waals surface area (Å²) in [7, 11) is 1.32. The van der Waals surface area contributed by atoms with Crippen LogP contribution in [0.1, 0.15) is 58.3 Å². The molecule has 1 aliphatic heterocycles. The molecule has 51 heavy (non-hydrogen) atoms. The second-order valence-corrected chi connectivity index (χ2v) is 13.6. The van der Waals surface area contributed by atoms with E-state index in [1.807, 2.05) is 4.90 Å². The third-order valence-electron chi connectivity index (χ3n) is 7.69. The zero-order chi connectivity index (χ0) is 37.5. The van der Waals surface area contributed by atoms with E-state index < -0.39 is 58.5 Å². The van der Waals surface area contributed by atoms with E-state index >= 15 is 0 Å². The molecule has 3 aromatic carbocycles. The normalized spacial score (nSPS) is 15.1.